The molecular weight excluding hydrogens is 495 g/mol. The zero-order valence-corrected chi connectivity index (χ0v) is 22.0. The fourth-order valence-electron chi connectivity index (χ4n) is 4.59. The van der Waals surface area contributed by atoms with E-state index in [2.05, 4.69) is 38.5 Å². The highest BCUT2D eigenvalue weighted by Gasteiger charge is 2.21. The predicted octanol–water partition coefficient (Wildman–Crippen LogP) is 6.80. The molecule has 5 rings (SSSR count). The standard InChI is InChI=1S/C30H31FN6O2/c1-3-21-15-26(34-25-10-7-22(8-11-25)23-5-4-6-27(38)16-23)12-9-24(21)17-33-36-30-32-18-28(31)29(35-30)37-13-14-39-20(2)19-37/h4-12,15-16,18,20,34,38H,3,13-14,17,19H2,1-2H3. The molecule has 8 nitrogen and oxygen atoms in total. The number of phenolic OH excluding ortho intramolecular Hbond substituents is 1. The van der Waals surface area contributed by atoms with Gasteiger partial charge in [-0.15, -0.1) is 5.11 Å². The van der Waals surface area contributed by atoms with Crippen molar-refractivity contribution in [2.75, 3.05) is 29.9 Å². The first kappa shape index (κ1) is 26.2. The summed E-state index contributed by atoms with van der Waals surface area (Å²) in [5.41, 5.74) is 6.14. The van der Waals surface area contributed by atoms with Crippen molar-refractivity contribution in [3.05, 3.63) is 89.9 Å². The number of benzene rings is 3. The van der Waals surface area contributed by atoms with Crippen molar-refractivity contribution in [3.63, 3.8) is 0 Å². The second-order valence-electron chi connectivity index (χ2n) is 9.46. The highest BCUT2D eigenvalue weighted by Crippen LogP contribution is 2.27. The SMILES string of the molecule is CCc1cc(Nc2ccc(-c3cccc(O)c3)cc2)ccc1CN=Nc1ncc(F)c(N2CCOC(C)C2)n1. The number of hydrogen-bond acceptors (Lipinski definition) is 8. The number of halogens is 1. The smallest absolute Gasteiger partial charge is 0.270 e. The fraction of sp³-hybridized carbons (Fsp3) is 0.267. The Bertz CT molecular complexity index is 1460. The average molecular weight is 527 g/mol. The molecule has 0 spiro atoms. The number of hydrogen-bond donors (Lipinski definition) is 2. The summed E-state index contributed by atoms with van der Waals surface area (Å²) in [4.78, 5) is 10.1. The van der Waals surface area contributed by atoms with Gasteiger partial charge in [-0.25, -0.2) is 9.37 Å². The lowest BCUT2D eigenvalue weighted by atomic mass is 10.0. The normalized spacial score (nSPS) is 15.6. The maximum absolute atomic E-state index is 14.4. The minimum Gasteiger partial charge on any atom is -0.508 e. The fourth-order valence-corrected chi connectivity index (χ4v) is 4.59. The summed E-state index contributed by atoms with van der Waals surface area (Å²) in [7, 11) is 0. The summed E-state index contributed by atoms with van der Waals surface area (Å²) in [5.74, 6) is 0.136. The van der Waals surface area contributed by atoms with Crippen LogP contribution in [0.15, 0.2) is 83.2 Å². The first-order chi connectivity index (χ1) is 19.0. The van der Waals surface area contributed by atoms with Gasteiger partial charge in [-0.3, -0.25) is 0 Å². The van der Waals surface area contributed by atoms with E-state index in [0.717, 1.165) is 46.2 Å². The van der Waals surface area contributed by atoms with Crippen LogP contribution in [0.3, 0.4) is 0 Å². The topological polar surface area (TPSA) is 95.2 Å². The largest absolute Gasteiger partial charge is 0.508 e. The van der Waals surface area contributed by atoms with E-state index in [1.807, 2.05) is 60.4 Å². The monoisotopic (exact) mass is 526 g/mol. The average Bonchev–Trinajstić information content (AvgIpc) is 2.95. The van der Waals surface area contributed by atoms with E-state index in [9.17, 15) is 9.50 Å². The number of morpholine rings is 1. The Hall–Kier alpha value is -4.37. The minimum absolute atomic E-state index is 0.00664. The summed E-state index contributed by atoms with van der Waals surface area (Å²) in [6.45, 7) is 6.07. The third-order valence-corrected chi connectivity index (χ3v) is 6.59. The van der Waals surface area contributed by atoms with Crippen LogP contribution in [0, 0.1) is 5.82 Å². The Balaban J connectivity index is 1.24. The molecule has 4 aromatic rings. The number of ether oxygens (including phenoxy) is 1. The molecule has 3 aromatic carbocycles. The summed E-state index contributed by atoms with van der Waals surface area (Å²) < 4.78 is 19.9. The van der Waals surface area contributed by atoms with Gasteiger partial charge in [0.2, 0.25) is 0 Å². The molecule has 2 N–H and O–H groups in total. The molecule has 1 fully saturated rings. The third-order valence-electron chi connectivity index (χ3n) is 6.59. The summed E-state index contributed by atoms with van der Waals surface area (Å²) in [5, 5.41) is 21.7. The first-order valence-corrected chi connectivity index (χ1v) is 13.0. The third kappa shape index (κ3) is 6.56. The quantitative estimate of drug-likeness (QED) is 0.245. The van der Waals surface area contributed by atoms with E-state index in [-0.39, 0.29) is 23.6 Å². The maximum atomic E-state index is 14.4. The number of aromatic hydroxyl groups is 1. The second kappa shape index (κ2) is 12.0. The molecule has 200 valence electrons. The lowest BCUT2D eigenvalue weighted by Crippen LogP contribution is -2.42. The van der Waals surface area contributed by atoms with Crippen LogP contribution in [0.4, 0.5) is 27.5 Å². The van der Waals surface area contributed by atoms with Gasteiger partial charge in [0.15, 0.2) is 11.6 Å². The molecule has 9 heteroatoms. The molecule has 0 saturated carbocycles. The number of phenols is 1. The summed E-state index contributed by atoms with van der Waals surface area (Å²) in [6.07, 6.45) is 1.99. The van der Waals surface area contributed by atoms with Gasteiger partial charge in [-0.05, 0) is 72.0 Å². The molecule has 0 bridgehead atoms. The van der Waals surface area contributed by atoms with Crippen molar-refractivity contribution in [2.45, 2.75) is 32.9 Å². The first-order valence-electron chi connectivity index (χ1n) is 13.0. The molecule has 2 heterocycles. The number of azo groups is 1. The van der Waals surface area contributed by atoms with E-state index in [1.165, 1.54) is 0 Å². The minimum atomic E-state index is -0.478. The molecular formula is C30H31FN6O2. The van der Waals surface area contributed by atoms with E-state index in [4.69, 9.17) is 4.74 Å². The van der Waals surface area contributed by atoms with E-state index in [0.29, 0.717) is 26.2 Å². The molecule has 0 amide bonds. The van der Waals surface area contributed by atoms with Crippen molar-refractivity contribution in [2.24, 2.45) is 10.2 Å². The predicted molar refractivity (Wildman–Crippen MR) is 150 cm³/mol. The van der Waals surface area contributed by atoms with Gasteiger partial charge < -0.3 is 20.1 Å². The number of nitrogens with zero attached hydrogens (tertiary/aromatic N) is 5. The molecule has 1 aliphatic heterocycles. The summed E-state index contributed by atoms with van der Waals surface area (Å²) >= 11 is 0. The van der Waals surface area contributed by atoms with Gasteiger partial charge in [0.1, 0.15) is 5.75 Å². The molecule has 0 radical (unpaired) electrons. The lowest BCUT2D eigenvalue weighted by molar-refractivity contribution is 0.0527. The number of rotatable bonds is 8. The zero-order chi connectivity index (χ0) is 27.2. The van der Waals surface area contributed by atoms with Crippen LogP contribution in [-0.4, -0.2) is 40.9 Å². The molecule has 1 saturated heterocycles. The van der Waals surface area contributed by atoms with Crippen LogP contribution < -0.4 is 10.2 Å². The van der Waals surface area contributed by atoms with Crippen molar-refractivity contribution in [3.8, 4) is 16.9 Å². The zero-order valence-electron chi connectivity index (χ0n) is 22.0. The van der Waals surface area contributed by atoms with Gasteiger partial charge in [0.05, 0.1) is 25.5 Å². The Morgan fingerprint density at radius 1 is 1.05 bits per heavy atom. The molecule has 1 aliphatic rings. The molecule has 1 unspecified atom stereocenters. The van der Waals surface area contributed by atoms with E-state index >= 15 is 0 Å². The Morgan fingerprint density at radius 2 is 1.87 bits per heavy atom. The Morgan fingerprint density at radius 3 is 2.64 bits per heavy atom. The van der Waals surface area contributed by atoms with Crippen molar-refractivity contribution < 1.29 is 14.2 Å². The number of aryl methyl sites for hydroxylation is 1. The van der Waals surface area contributed by atoms with Gasteiger partial charge >= 0.3 is 0 Å². The van der Waals surface area contributed by atoms with E-state index < -0.39 is 5.82 Å². The maximum Gasteiger partial charge on any atom is 0.270 e. The Kier molecular flexibility index (Phi) is 8.07. The van der Waals surface area contributed by atoms with Crippen LogP contribution in [0.25, 0.3) is 11.1 Å². The lowest BCUT2D eigenvalue weighted by Gasteiger charge is -2.31. The van der Waals surface area contributed by atoms with Crippen LogP contribution >= 0.6 is 0 Å². The number of anilines is 3. The second-order valence-corrected chi connectivity index (χ2v) is 9.46. The number of nitrogens with one attached hydrogen (secondary N) is 1. The molecule has 0 aliphatic carbocycles. The van der Waals surface area contributed by atoms with Gasteiger partial charge in [0, 0.05) is 24.5 Å². The van der Waals surface area contributed by atoms with Gasteiger partial charge in [-0.1, -0.05) is 37.3 Å². The van der Waals surface area contributed by atoms with Crippen LogP contribution in [0.1, 0.15) is 25.0 Å². The molecule has 1 aromatic heterocycles. The number of aromatic nitrogens is 2. The van der Waals surface area contributed by atoms with Crippen molar-refractivity contribution in [1.82, 2.24) is 9.97 Å². The van der Waals surface area contributed by atoms with Crippen molar-refractivity contribution >= 4 is 23.1 Å². The van der Waals surface area contributed by atoms with Crippen LogP contribution in [0.2, 0.25) is 0 Å². The van der Waals surface area contributed by atoms with E-state index in [1.54, 1.807) is 12.1 Å². The highest BCUT2D eigenvalue weighted by molar-refractivity contribution is 5.69. The van der Waals surface area contributed by atoms with Crippen LogP contribution in [-0.2, 0) is 17.7 Å². The van der Waals surface area contributed by atoms with Crippen molar-refractivity contribution in [1.29, 1.82) is 0 Å². The molecule has 1 atom stereocenters. The molecule has 39 heavy (non-hydrogen) atoms. The van der Waals surface area contributed by atoms with Gasteiger partial charge in [0.25, 0.3) is 5.95 Å². The van der Waals surface area contributed by atoms with Gasteiger partial charge in [-0.2, -0.15) is 10.1 Å². The highest BCUT2D eigenvalue weighted by atomic mass is 19.1. The van der Waals surface area contributed by atoms with Crippen LogP contribution in [0.5, 0.6) is 5.75 Å². The summed E-state index contributed by atoms with van der Waals surface area (Å²) in [6, 6.07) is 21.4. The Labute approximate surface area is 227 Å².